The Morgan fingerprint density at radius 1 is 0.892 bits per heavy atom. The summed E-state index contributed by atoms with van der Waals surface area (Å²) in [6.45, 7) is 1.36. The van der Waals surface area contributed by atoms with Crippen molar-refractivity contribution >= 4 is 46.4 Å². The molecule has 0 aliphatic heterocycles. The van der Waals surface area contributed by atoms with Crippen LogP contribution in [0.25, 0.3) is 10.9 Å². The normalized spacial score (nSPS) is 14.1. The van der Waals surface area contributed by atoms with Gasteiger partial charge in [-0.2, -0.15) is 0 Å². The van der Waals surface area contributed by atoms with Gasteiger partial charge in [-0.15, -0.1) is 0 Å². The highest BCUT2D eigenvalue weighted by Crippen LogP contribution is 2.19. The second-order valence-corrected chi connectivity index (χ2v) is 8.55. The largest absolute Gasteiger partial charge is 0.480 e. The van der Waals surface area contributed by atoms with Crippen LogP contribution >= 0.6 is 0 Å². The van der Waals surface area contributed by atoms with E-state index in [1.54, 1.807) is 18.3 Å². The number of carbonyl (C=O) groups is 6. The Morgan fingerprint density at radius 3 is 2.08 bits per heavy atom. The third kappa shape index (κ3) is 8.61. The summed E-state index contributed by atoms with van der Waals surface area (Å²) in [4.78, 5) is 75.5. The van der Waals surface area contributed by atoms with Crippen molar-refractivity contribution < 1.29 is 33.9 Å². The number of fused-ring (bicyclic) bond motifs is 1. The second kappa shape index (κ2) is 13.0. The first kappa shape index (κ1) is 28.8. The first-order chi connectivity index (χ1) is 17.4. The molecule has 11 N–H and O–H groups in total. The third-order valence-corrected chi connectivity index (χ3v) is 5.48. The maximum absolute atomic E-state index is 13.0. The molecular formula is C23H31N7O7. The SMILES string of the molecule is CC(N)C(=O)NC(CC(N)=O)C(=O)NC(CCC(N)=O)C(=O)NC(Cc1c[nH]c2ccccc12)C(=O)O. The van der Waals surface area contributed by atoms with Gasteiger partial charge in [0.05, 0.1) is 12.5 Å². The number of nitrogens with one attached hydrogen (secondary N) is 4. The first-order valence-corrected chi connectivity index (χ1v) is 11.4. The Balaban J connectivity index is 2.21. The fourth-order valence-electron chi connectivity index (χ4n) is 3.53. The fraction of sp³-hybridized carbons (Fsp3) is 0.391. The lowest BCUT2D eigenvalue weighted by molar-refractivity contribution is -0.142. The van der Waals surface area contributed by atoms with E-state index in [9.17, 15) is 33.9 Å². The summed E-state index contributed by atoms with van der Waals surface area (Å²) in [5.41, 5.74) is 17.3. The van der Waals surface area contributed by atoms with Crippen molar-refractivity contribution in [1.82, 2.24) is 20.9 Å². The summed E-state index contributed by atoms with van der Waals surface area (Å²) in [7, 11) is 0. The highest BCUT2D eigenvalue weighted by atomic mass is 16.4. The van der Waals surface area contributed by atoms with E-state index in [1.165, 1.54) is 6.92 Å². The molecule has 0 aliphatic carbocycles. The van der Waals surface area contributed by atoms with E-state index >= 15 is 0 Å². The average molecular weight is 518 g/mol. The third-order valence-electron chi connectivity index (χ3n) is 5.48. The molecule has 0 fully saturated rings. The molecule has 0 saturated heterocycles. The van der Waals surface area contributed by atoms with Crippen LogP contribution in [-0.2, 0) is 35.2 Å². The molecular weight excluding hydrogens is 486 g/mol. The van der Waals surface area contributed by atoms with Crippen LogP contribution in [0.4, 0.5) is 0 Å². The number of carbonyl (C=O) groups excluding carboxylic acids is 5. The van der Waals surface area contributed by atoms with Crippen LogP contribution < -0.4 is 33.2 Å². The number of aliphatic carboxylic acids is 1. The molecule has 37 heavy (non-hydrogen) atoms. The number of H-pyrrole nitrogens is 1. The smallest absolute Gasteiger partial charge is 0.326 e. The molecule has 4 unspecified atom stereocenters. The zero-order valence-electron chi connectivity index (χ0n) is 20.2. The van der Waals surface area contributed by atoms with Gasteiger partial charge >= 0.3 is 5.97 Å². The molecule has 1 heterocycles. The minimum atomic E-state index is -1.46. The number of carboxylic acid groups (broad SMARTS) is 1. The number of aromatic amines is 1. The summed E-state index contributed by atoms with van der Waals surface area (Å²) >= 11 is 0. The standard InChI is InChI=1S/C23H31N7O7/c1-11(24)20(33)29-16(9-19(26)32)22(35)28-15(6-7-18(25)31)21(34)30-17(23(36)37)8-12-10-27-14-5-3-2-4-13(12)14/h2-5,10-11,15-17,27H,6-9,24H2,1H3,(H2,25,31)(H2,26,32)(H,28,35)(H,29,33)(H,30,34)(H,36,37). The quantitative estimate of drug-likeness (QED) is 0.135. The van der Waals surface area contributed by atoms with Crippen molar-refractivity contribution in [1.29, 1.82) is 0 Å². The van der Waals surface area contributed by atoms with Gasteiger partial charge in [0.2, 0.25) is 29.5 Å². The van der Waals surface area contributed by atoms with Crippen LogP contribution in [0, 0.1) is 0 Å². The number of para-hydroxylation sites is 1. The van der Waals surface area contributed by atoms with Crippen LogP contribution in [0.2, 0.25) is 0 Å². The lowest BCUT2D eigenvalue weighted by Gasteiger charge is -2.24. The van der Waals surface area contributed by atoms with Gasteiger partial charge in [-0.25, -0.2) is 4.79 Å². The van der Waals surface area contributed by atoms with Crippen molar-refractivity contribution in [2.24, 2.45) is 17.2 Å². The van der Waals surface area contributed by atoms with E-state index < -0.39 is 66.1 Å². The second-order valence-electron chi connectivity index (χ2n) is 8.55. The first-order valence-electron chi connectivity index (χ1n) is 11.4. The van der Waals surface area contributed by atoms with Gasteiger partial charge in [0.25, 0.3) is 0 Å². The van der Waals surface area contributed by atoms with Gasteiger partial charge in [0, 0.05) is 29.9 Å². The molecule has 1 aromatic heterocycles. The highest BCUT2D eigenvalue weighted by molar-refractivity contribution is 5.96. The minimum Gasteiger partial charge on any atom is -0.480 e. The molecule has 0 radical (unpaired) electrons. The molecule has 14 nitrogen and oxygen atoms in total. The van der Waals surface area contributed by atoms with Crippen molar-refractivity contribution in [3.63, 3.8) is 0 Å². The maximum atomic E-state index is 13.0. The predicted octanol–water partition coefficient (Wildman–Crippen LogP) is -2.26. The minimum absolute atomic E-state index is 0.0731. The molecule has 2 aromatic rings. The van der Waals surface area contributed by atoms with Gasteiger partial charge in [-0.3, -0.25) is 24.0 Å². The van der Waals surface area contributed by atoms with Crippen LogP contribution in [0.5, 0.6) is 0 Å². The summed E-state index contributed by atoms with van der Waals surface area (Å²) in [5.74, 6) is -5.61. The topological polar surface area (TPSA) is 253 Å². The summed E-state index contributed by atoms with van der Waals surface area (Å²) in [6.07, 6.45) is 0.389. The lowest BCUT2D eigenvalue weighted by atomic mass is 10.0. The monoisotopic (exact) mass is 517 g/mol. The van der Waals surface area contributed by atoms with Crippen LogP contribution in [0.3, 0.4) is 0 Å². The van der Waals surface area contributed by atoms with E-state index in [0.29, 0.717) is 5.56 Å². The Kier molecular flexibility index (Phi) is 10.1. The number of amides is 5. The van der Waals surface area contributed by atoms with E-state index in [4.69, 9.17) is 17.2 Å². The zero-order chi connectivity index (χ0) is 27.7. The van der Waals surface area contributed by atoms with E-state index in [2.05, 4.69) is 20.9 Å². The Morgan fingerprint density at radius 2 is 1.49 bits per heavy atom. The van der Waals surface area contributed by atoms with Crippen molar-refractivity contribution in [3.05, 3.63) is 36.0 Å². The number of carboxylic acids is 1. The number of nitrogens with two attached hydrogens (primary N) is 3. The van der Waals surface area contributed by atoms with Gasteiger partial charge in [-0.1, -0.05) is 18.2 Å². The Bertz CT molecular complexity index is 1180. The zero-order valence-corrected chi connectivity index (χ0v) is 20.2. The molecule has 0 bridgehead atoms. The van der Waals surface area contributed by atoms with Gasteiger partial charge < -0.3 is 43.2 Å². The number of rotatable bonds is 14. The number of primary amides is 2. The molecule has 14 heteroatoms. The highest BCUT2D eigenvalue weighted by Gasteiger charge is 2.31. The number of aromatic nitrogens is 1. The van der Waals surface area contributed by atoms with Gasteiger partial charge in [0.15, 0.2) is 0 Å². The number of hydrogen-bond acceptors (Lipinski definition) is 7. The van der Waals surface area contributed by atoms with Gasteiger partial charge in [0.1, 0.15) is 18.1 Å². The molecule has 0 saturated carbocycles. The lowest BCUT2D eigenvalue weighted by Crippen LogP contribution is -2.57. The predicted molar refractivity (Wildman–Crippen MR) is 131 cm³/mol. The summed E-state index contributed by atoms with van der Waals surface area (Å²) < 4.78 is 0. The van der Waals surface area contributed by atoms with Crippen molar-refractivity contribution in [2.75, 3.05) is 0 Å². The average Bonchev–Trinajstić information content (AvgIpc) is 3.22. The maximum Gasteiger partial charge on any atom is 0.326 e. The number of hydrogen-bond donors (Lipinski definition) is 8. The molecule has 0 aliphatic rings. The molecule has 4 atom stereocenters. The Hall–Kier alpha value is -4.46. The van der Waals surface area contributed by atoms with Crippen LogP contribution in [0.15, 0.2) is 30.5 Å². The summed E-state index contributed by atoms with van der Waals surface area (Å²) in [5, 5.41) is 17.5. The van der Waals surface area contributed by atoms with Gasteiger partial charge in [-0.05, 0) is 25.0 Å². The summed E-state index contributed by atoms with van der Waals surface area (Å²) in [6, 6.07) is 1.97. The molecule has 2 rings (SSSR count). The van der Waals surface area contributed by atoms with Crippen LogP contribution in [-0.4, -0.2) is 69.8 Å². The number of benzene rings is 1. The molecule has 200 valence electrons. The van der Waals surface area contributed by atoms with Crippen LogP contribution in [0.1, 0.15) is 31.7 Å². The van der Waals surface area contributed by atoms with E-state index in [1.807, 2.05) is 12.1 Å². The Labute approximate surface area is 211 Å². The fourth-order valence-corrected chi connectivity index (χ4v) is 3.53. The van der Waals surface area contributed by atoms with Crippen molar-refractivity contribution in [2.45, 2.75) is 56.8 Å². The molecule has 5 amide bonds. The molecule has 0 spiro atoms. The van der Waals surface area contributed by atoms with Crippen molar-refractivity contribution in [3.8, 4) is 0 Å². The molecule has 1 aromatic carbocycles. The van der Waals surface area contributed by atoms with E-state index in [0.717, 1.165) is 10.9 Å². The van der Waals surface area contributed by atoms with E-state index in [-0.39, 0.29) is 19.3 Å².